The average Bonchev–Trinajstić information content (AvgIpc) is 2.63. The van der Waals surface area contributed by atoms with Gasteiger partial charge in [-0.15, -0.1) is 0 Å². The summed E-state index contributed by atoms with van der Waals surface area (Å²) in [5.74, 6) is 0.171. The van der Waals surface area contributed by atoms with Gasteiger partial charge in [-0.3, -0.25) is 4.79 Å². The number of nitrogens with one attached hydrogen (secondary N) is 1. The number of rotatable bonds is 5. The second-order valence-corrected chi connectivity index (χ2v) is 4.92. The predicted octanol–water partition coefficient (Wildman–Crippen LogP) is -0.373. The van der Waals surface area contributed by atoms with Crippen LogP contribution in [0.25, 0.3) is 0 Å². The van der Waals surface area contributed by atoms with E-state index in [4.69, 9.17) is 10.5 Å². The van der Waals surface area contributed by atoms with Gasteiger partial charge >= 0.3 is 0 Å². The van der Waals surface area contributed by atoms with E-state index in [0.717, 1.165) is 0 Å². The molecule has 1 aliphatic rings. The second kappa shape index (κ2) is 5.61. The molecule has 1 heterocycles. The van der Waals surface area contributed by atoms with Crippen LogP contribution in [0.2, 0.25) is 0 Å². The monoisotopic (exact) mass is 230 g/mol. The third kappa shape index (κ3) is 4.08. The van der Waals surface area contributed by atoms with Crippen LogP contribution in [-0.2, 0) is 9.53 Å². The Balaban J connectivity index is 2.24. The van der Waals surface area contributed by atoms with Gasteiger partial charge in [-0.05, 0) is 5.92 Å². The topological polar surface area (TPSA) is 84.6 Å². The van der Waals surface area contributed by atoms with E-state index in [1.165, 1.54) is 0 Å². The predicted molar refractivity (Wildman–Crippen MR) is 60.8 cm³/mol. The van der Waals surface area contributed by atoms with Crippen LogP contribution in [0.5, 0.6) is 0 Å². The Kier molecular flexibility index (Phi) is 4.70. The molecule has 1 aliphatic heterocycles. The molecule has 1 fully saturated rings. The number of carbonyl (C=O) groups excluding carboxylic acids is 1. The summed E-state index contributed by atoms with van der Waals surface area (Å²) in [6.45, 7) is 5.06. The molecule has 0 radical (unpaired) electrons. The van der Waals surface area contributed by atoms with E-state index in [1.807, 2.05) is 13.8 Å². The van der Waals surface area contributed by atoms with Crippen LogP contribution in [-0.4, -0.2) is 42.4 Å². The van der Waals surface area contributed by atoms with E-state index in [2.05, 4.69) is 5.32 Å². The molecule has 5 heteroatoms. The van der Waals surface area contributed by atoms with Gasteiger partial charge in [-0.1, -0.05) is 13.8 Å². The van der Waals surface area contributed by atoms with E-state index in [1.54, 1.807) is 0 Å². The van der Waals surface area contributed by atoms with Gasteiger partial charge in [0, 0.05) is 32.0 Å². The zero-order chi connectivity index (χ0) is 12.2. The van der Waals surface area contributed by atoms with Crippen molar-refractivity contribution in [3.63, 3.8) is 0 Å². The van der Waals surface area contributed by atoms with Gasteiger partial charge in [0.25, 0.3) is 0 Å². The summed E-state index contributed by atoms with van der Waals surface area (Å²) in [5.41, 5.74) is 4.89. The Labute approximate surface area is 96.3 Å². The Morgan fingerprint density at radius 1 is 1.62 bits per heavy atom. The van der Waals surface area contributed by atoms with Crippen LogP contribution >= 0.6 is 0 Å². The SMILES string of the molecule is CC(C)C(N)CC(=O)NCC1(O)CCOC1. The first kappa shape index (κ1) is 13.4. The number of carbonyl (C=O) groups is 1. The van der Waals surface area contributed by atoms with Gasteiger partial charge in [0.1, 0.15) is 5.60 Å². The summed E-state index contributed by atoms with van der Waals surface area (Å²) in [5, 5.41) is 12.6. The standard InChI is InChI=1S/C11H22N2O3/c1-8(2)9(12)5-10(14)13-6-11(15)3-4-16-7-11/h8-9,15H,3-7,12H2,1-2H3,(H,13,14). The number of ether oxygens (including phenoxy) is 1. The van der Waals surface area contributed by atoms with Crippen molar-refractivity contribution in [2.45, 2.75) is 38.3 Å². The molecular weight excluding hydrogens is 208 g/mol. The lowest BCUT2D eigenvalue weighted by atomic mass is 10.0. The molecular formula is C11H22N2O3. The number of aliphatic hydroxyl groups is 1. The van der Waals surface area contributed by atoms with E-state index < -0.39 is 5.60 Å². The summed E-state index contributed by atoms with van der Waals surface area (Å²) in [6.07, 6.45) is 0.873. The Bertz CT molecular complexity index is 237. The first-order valence-corrected chi connectivity index (χ1v) is 5.75. The summed E-state index contributed by atoms with van der Waals surface area (Å²) < 4.78 is 5.09. The highest BCUT2D eigenvalue weighted by molar-refractivity contribution is 5.76. The fraction of sp³-hybridized carbons (Fsp3) is 0.909. The lowest BCUT2D eigenvalue weighted by molar-refractivity contribution is -0.122. The van der Waals surface area contributed by atoms with Crippen molar-refractivity contribution in [1.29, 1.82) is 0 Å². The van der Waals surface area contributed by atoms with Crippen LogP contribution in [0.4, 0.5) is 0 Å². The van der Waals surface area contributed by atoms with E-state index >= 15 is 0 Å². The average molecular weight is 230 g/mol. The molecule has 0 saturated carbocycles. The Morgan fingerprint density at radius 3 is 2.81 bits per heavy atom. The third-order valence-electron chi connectivity index (χ3n) is 2.97. The van der Waals surface area contributed by atoms with Crippen molar-refractivity contribution in [1.82, 2.24) is 5.32 Å². The molecule has 0 aromatic heterocycles. The molecule has 16 heavy (non-hydrogen) atoms. The molecule has 0 aromatic rings. The lowest BCUT2D eigenvalue weighted by Gasteiger charge is -2.21. The van der Waals surface area contributed by atoms with Gasteiger partial charge in [0.2, 0.25) is 5.91 Å². The molecule has 2 unspecified atom stereocenters. The molecule has 1 rings (SSSR count). The van der Waals surface area contributed by atoms with Crippen molar-refractivity contribution >= 4 is 5.91 Å². The van der Waals surface area contributed by atoms with Crippen molar-refractivity contribution in [3.05, 3.63) is 0 Å². The smallest absolute Gasteiger partial charge is 0.221 e. The molecule has 4 N–H and O–H groups in total. The molecule has 0 bridgehead atoms. The summed E-state index contributed by atoms with van der Waals surface area (Å²) in [4.78, 5) is 11.5. The van der Waals surface area contributed by atoms with Crippen LogP contribution in [0.15, 0.2) is 0 Å². The molecule has 0 aromatic carbocycles. The second-order valence-electron chi connectivity index (χ2n) is 4.92. The number of hydrogen-bond donors (Lipinski definition) is 3. The van der Waals surface area contributed by atoms with Crippen molar-refractivity contribution in [2.75, 3.05) is 19.8 Å². The summed E-state index contributed by atoms with van der Waals surface area (Å²) >= 11 is 0. The van der Waals surface area contributed by atoms with E-state index in [-0.39, 0.29) is 24.4 Å². The van der Waals surface area contributed by atoms with Crippen molar-refractivity contribution in [2.24, 2.45) is 11.7 Å². The highest BCUT2D eigenvalue weighted by atomic mass is 16.5. The van der Waals surface area contributed by atoms with Crippen LogP contribution < -0.4 is 11.1 Å². The molecule has 1 amide bonds. The van der Waals surface area contributed by atoms with Gasteiger partial charge < -0.3 is 20.9 Å². The first-order valence-electron chi connectivity index (χ1n) is 5.75. The lowest BCUT2D eigenvalue weighted by Crippen LogP contribution is -2.45. The Hall–Kier alpha value is -0.650. The highest BCUT2D eigenvalue weighted by Crippen LogP contribution is 2.16. The zero-order valence-electron chi connectivity index (χ0n) is 10.0. The molecule has 1 saturated heterocycles. The van der Waals surface area contributed by atoms with Crippen LogP contribution in [0.3, 0.4) is 0 Å². The van der Waals surface area contributed by atoms with Crippen LogP contribution in [0.1, 0.15) is 26.7 Å². The molecule has 5 nitrogen and oxygen atoms in total. The quantitative estimate of drug-likeness (QED) is 0.601. The molecule has 94 valence electrons. The fourth-order valence-corrected chi connectivity index (χ4v) is 1.52. The largest absolute Gasteiger partial charge is 0.386 e. The molecule has 0 aliphatic carbocycles. The fourth-order valence-electron chi connectivity index (χ4n) is 1.52. The summed E-state index contributed by atoms with van der Waals surface area (Å²) in [6, 6.07) is -0.130. The minimum absolute atomic E-state index is 0.110. The maximum Gasteiger partial charge on any atom is 0.221 e. The minimum Gasteiger partial charge on any atom is -0.386 e. The molecule has 2 atom stereocenters. The molecule has 0 spiro atoms. The number of nitrogens with two attached hydrogens (primary N) is 1. The van der Waals surface area contributed by atoms with E-state index in [0.29, 0.717) is 26.1 Å². The number of hydrogen-bond acceptors (Lipinski definition) is 4. The summed E-state index contributed by atoms with van der Waals surface area (Å²) in [7, 11) is 0. The highest BCUT2D eigenvalue weighted by Gasteiger charge is 2.32. The van der Waals surface area contributed by atoms with Crippen LogP contribution in [0, 0.1) is 5.92 Å². The first-order chi connectivity index (χ1) is 7.43. The Morgan fingerprint density at radius 2 is 2.31 bits per heavy atom. The zero-order valence-corrected chi connectivity index (χ0v) is 10.0. The van der Waals surface area contributed by atoms with Crippen molar-refractivity contribution in [3.8, 4) is 0 Å². The van der Waals surface area contributed by atoms with Gasteiger partial charge in [0.15, 0.2) is 0 Å². The third-order valence-corrected chi connectivity index (χ3v) is 2.97. The van der Waals surface area contributed by atoms with Crippen molar-refractivity contribution < 1.29 is 14.6 Å². The number of amides is 1. The minimum atomic E-state index is -0.891. The van der Waals surface area contributed by atoms with Gasteiger partial charge in [0.05, 0.1) is 6.61 Å². The van der Waals surface area contributed by atoms with Gasteiger partial charge in [-0.2, -0.15) is 0 Å². The maximum absolute atomic E-state index is 11.5. The maximum atomic E-state index is 11.5. The van der Waals surface area contributed by atoms with E-state index in [9.17, 15) is 9.90 Å². The normalized spacial score (nSPS) is 27.1. The van der Waals surface area contributed by atoms with Gasteiger partial charge in [-0.25, -0.2) is 0 Å².